The smallest absolute Gasteiger partial charge is 0.123 e. The van der Waals surface area contributed by atoms with Crippen LogP contribution in [0.2, 0.25) is 0 Å². The molecule has 2 unspecified atom stereocenters. The first-order chi connectivity index (χ1) is 8.08. The van der Waals surface area contributed by atoms with Crippen molar-refractivity contribution in [1.82, 2.24) is 5.32 Å². The summed E-state index contributed by atoms with van der Waals surface area (Å²) in [7, 11) is 3.43. The highest BCUT2D eigenvalue weighted by Crippen LogP contribution is 2.26. The molecule has 1 aromatic carbocycles. The highest BCUT2D eigenvalue weighted by molar-refractivity contribution is 5.39. The molecule has 3 nitrogen and oxygen atoms in total. The van der Waals surface area contributed by atoms with E-state index in [1.165, 1.54) is 11.1 Å². The summed E-state index contributed by atoms with van der Waals surface area (Å²) >= 11 is 0. The van der Waals surface area contributed by atoms with E-state index in [9.17, 15) is 0 Å². The van der Waals surface area contributed by atoms with E-state index in [1.807, 2.05) is 0 Å². The summed E-state index contributed by atoms with van der Waals surface area (Å²) in [6.45, 7) is 7.02. The van der Waals surface area contributed by atoms with Gasteiger partial charge in [0.05, 0.1) is 13.7 Å². The molecule has 1 rings (SSSR count). The molecule has 0 heterocycles. The number of hydrogen-bond donors (Lipinski definition) is 1. The molecule has 2 atom stereocenters. The van der Waals surface area contributed by atoms with Gasteiger partial charge in [0.2, 0.25) is 0 Å². The third kappa shape index (κ3) is 4.02. The molecule has 0 bridgehead atoms. The molecule has 3 heteroatoms. The monoisotopic (exact) mass is 237 g/mol. The van der Waals surface area contributed by atoms with Gasteiger partial charge in [-0.05, 0) is 32.4 Å². The van der Waals surface area contributed by atoms with Crippen molar-refractivity contribution in [2.24, 2.45) is 0 Å². The number of rotatable bonds is 6. The molecule has 0 saturated heterocycles. The average Bonchev–Trinajstić information content (AvgIpc) is 2.28. The van der Waals surface area contributed by atoms with Crippen LogP contribution in [0.3, 0.4) is 0 Å². The van der Waals surface area contributed by atoms with E-state index in [4.69, 9.17) is 9.47 Å². The van der Waals surface area contributed by atoms with Crippen LogP contribution in [-0.2, 0) is 4.74 Å². The van der Waals surface area contributed by atoms with Gasteiger partial charge in [0, 0.05) is 24.8 Å². The van der Waals surface area contributed by atoms with Gasteiger partial charge in [0.15, 0.2) is 0 Å². The van der Waals surface area contributed by atoms with Gasteiger partial charge in [-0.3, -0.25) is 0 Å². The van der Waals surface area contributed by atoms with Crippen LogP contribution < -0.4 is 10.1 Å². The van der Waals surface area contributed by atoms with E-state index < -0.39 is 0 Å². The maximum Gasteiger partial charge on any atom is 0.123 e. The second kappa shape index (κ2) is 6.62. The predicted octanol–water partition coefficient (Wildman–Crippen LogP) is 2.69. The van der Waals surface area contributed by atoms with Gasteiger partial charge in [0.25, 0.3) is 0 Å². The fraction of sp³-hybridized carbons (Fsp3) is 0.571. The van der Waals surface area contributed by atoms with Crippen molar-refractivity contribution in [2.45, 2.75) is 32.9 Å². The van der Waals surface area contributed by atoms with Crippen molar-refractivity contribution in [2.75, 3.05) is 20.8 Å². The summed E-state index contributed by atoms with van der Waals surface area (Å²) in [5, 5.41) is 3.49. The first kappa shape index (κ1) is 14.0. The Bertz CT molecular complexity index is 352. The quantitative estimate of drug-likeness (QED) is 0.825. The van der Waals surface area contributed by atoms with Crippen molar-refractivity contribution in [3.8, 4) is 5.75 Å². The number of nitrogens with one attached hydrogen (secondary N) is 1. The highest BCUT2D eigenvalue weighted by Gasteiger charge is 2.13. The Hall–Kier alpha value is -1.06. The predicted molar refractivity (Wildman–Crippen MR) is 70.6 cm³/mol. The Kier molecular flexibility index (Phi) is 5.45. The van der Waals surface area contributed by atoms with Crippen molar-refractivity contribution >= 4 is 0 Å². The fourth-order valence-corrected chi connectivity index (χ4v) is 1.99. The zero-order valence-corrected chi connectivity index (χ0v) is 11.4. The molecule has 17 heavy (non-hydrogen) atoms. The molecule has 0 aliphatic rings. The number of ether oxygens (including phenoxy) is 2. The van der Waals surface area contributed by atoms with Gasteiger partial charge in [-0.2, -0.15) is 0 Å². The molecular formula is C14H23NO2. The Balaban J connectivity index is 2.77. The summed E-state index contributed by atoms with van der Waals surface area (Å²) in [5.74, 6) is 0.939. The third-order valence-corrected chi connectivity index (χ3v) is 2.81. The first-order valence-electron chi connectivity index (χ1n) is 5.98. The molecule has 0 amide bonds. The lowest BCUT2D eigenvalue weighted by Crippen LogP contribution is -2.32. The minimum absolute atomic E-state index is 0.246. The van der Waals surface area contributed by atoms with Gasteiger partial charge in [-0.1, -0.05) is 12.1 Å². The molecule has 0 radical (unpaired) electrons. The lowest BCUT2D eigenvalue weighted by atomic mass is 10.0. The first-order valence-corrected chi connectivity index (χ1v) is 5.98. The van der Waals surface area contributed by atoms with E-state index >= 15 is 0 Å². The second-order valence-electron chi connectivity index (χ2n) is 4.49. The number of methoxy groups -OCH3 is 2. The van der Waals surface area contributed by atoms with Gasteiger partial charge in [-0.25, -0.2) is 0 Å². The molecular weight excluding hydrogens is 214 g/mol. The largest absolute Gasteiger partial charge is 0.496 e. The van der Waals surface area contributed by atoms with E-state index in [1.54, 1.807) is 14.2 Å². The summed E-state index contributed by atoms with van der Waals surface area (Å²) in [5.41, 5.74) is 2.39. The average molecular weight is 237 g/mol. The number of benzene rings is 1. The standard InChI is InChI=1S/C14H23NO2/c1-10-6-7-13(14(8-10)17-5)12(3)15-11(2)9-16-4/h6-8,11-12,15H,9H2,1-5H3. The Labute approximate surface area is 104 Å². The molecule has 0 aliphatic carbocycles. The number of hydrogen-bond acceptors (Lipinski definition) is 3. The maximum atomic E-state index is 5.42. The van der Waals surface area contributed by atoms with Crippen LogP contribution in [-0.4, -0.2) is 26.9 Å². The highest BCUT2D eigenvalue weighted by atomic mass is 16.5. The Morgan fingerprint density at radius 1 is 1.24 bits per heavy atom. The van der Waals surface area contributed by atoms with Crippen molar-refractivity contribution in [3.05, 3.63) is 29.3 Å². The van der Waals surface area contributed by atoms with E-state index in [-0.39, 0.29) is 6.04 Å². The third-order valence-electron chi connectivity index (χ3n) is 2.81. The summed E-state index contributed by atoms with van der Waals surface area (Å²) in [4.78, 5) is 0. The van der Waals surface area contributed by atoms with Gasteiger partial charge in [-0.15, -0.1) is 0 Å². The van der Waals surface area contributed by atoms with Crippen LogP contribution >= 0.6 is 0 Å². The van der Waals surface area contributed by atoms with Crippen molar-refractivity contribution in [3.63, 3.8) is 0 Å². The van der Waals surface area contributed by atoms with Crippen LogP contribution in [0.1, 0.15) is 31.0 Å². The lowest BCUT2D eigenvalue weighted by Gasteiger charge is -2.21. The zero-order valence-electron chi connectivity index (χ0n) is 11.4. The van der Waals surface area contributed by atoms with Crippen LogP contribution in [0.25, 0.3) is 0 Å². The van der Waals surface area contributed by atoms with Crippen molar-refractivity contribution < 1.29 is 9.47 Å². The van der Waals surface area contributed by atoms with E-state index in [0.717, 1.165) is 5.75 Å². The molecule has 96 valence electrons. The van der Waals surface area contributed by atoms with Crippen LogP contribution in [0.4, 0.5) is 0 Å². The molecule has 0 saturated carbocycles. The molecule has 1 N–H and O–H groups in total. The van der Waals surface area contributed by atoms with Crippen LogP contribution in [0, 0.1) is 6.92 Å². The molecule has 0 aliphatic heterocycles. The topological polar surface area (TPSA) is 30.5 Å². The normalized spacial score (nSPS) is 14.4. The second-order valence-corrected chi connectivity index (χ2v) is 4.49. The molecule has 0 fully saturated rings. The fourth-order valence-electron chi connectivity index (χ4n) is 1.99. The van der Waals surface area contributed by atoms with Crippen LogP contribution in [0.15, 0.2) is 18.2 Å². The van der Waals surface area contributed by atoms with E-state index in [0.29, 0.717) is 12.6 Å². The molecule has 1 aromatic rings. The lowest BCUT2D eigenvalue weighted by molar-refractivity contribution is 0.167. The maximum absolute atomic E-state index is 5.42. The zero-order chi connectivity index (χ0) is 12.8. The van der Waals surface area contributed by atoms with Gasteiger partial charge in [0.1, 0.15) is 5.75 Å². The Morgan fingerprint density at radius 2 is 1.94 bits per heavy atom. The molecule has 0 spiro atoms. The van der Waals surface area contributed by atoms with Crippen LogP contribution in [0.5, 0.6) is 5.75 Å². The summed E-state index contributed by atoms with van der Waals surface area (Å²) < 4.78 is 10.5. The minimum atomic E-state index is 0.246. The Morgan fingerprint density at radius 3 is 2.53 bits per heavy atom. The van der Waals surface area contributed by atoms with E-state index in [2.05, 4.69) is 44.3 Å². The SMILES string of the molecule is COCC(C)NC(C)c1ccc(C)cc1OC. The minimum Gasteiger partial charge on any atom is -0.496 e. The summed E-state index contributed by atoms with van der Waals surface area (Å²) in [6.07, 6.45) is 0. The summed E-state index contributed by atoms with van der Waals surface area (Å²) in [6, 6.07) is 6.85. The number of aryl methyl sites for hydroxylation is 1. The molecule has 0 aromatic heterocycles. The van der Waals surface area contributed by atoms with Gasteiger partial charge < -0.3 is 14.8 Å². The van der Waals surface area contributed by atoms with Gasteiger partial charge >= 0.3 is 0 Å². The van der Waals surface area contributed by atoms with Crippen molar-refractivity contribution in [1.29, 1.82) is 0 Å².